The molecular weight excluding hydrogens is 514 g/mol. The smallest absolute Gasteiger partial charge is 0.244 e. The summed E-state index contributed by atoms with van der Waals surface area (Å²) in [6.45, 7) is 10.9. The molecule has 1 aromatic carbocycles. The van der Waals surface area contributed by atoms with E-state index in [0.717, 1.165) is 48.8 Å². The van der Waals surface area contributed by atoms with Gasteiger partial charge in [0.1, 0.15) is 11.6 Å². The van der Waals surface area contributed by atoms with Crippen LogP contribution in [-0.2, 0) is 4.79 Å². The Labute approximate surface area is 237 Å². The highest BCUT2D eigenvalue weighted by Crippen LogP contribution is 2.31. The minimum atomic E-state index is -0.498. The number of benzene rings is 1. The van der Waals surface area contributed by atoms with Crippen LogP contribution in [0.15, 0.2) is 58.9 Å². The predicted molar refractivity (Wildman–Crippen MR) is 160 cm³/mol. The summed E-state index contributed by atoms with van der Waals surface area (Å²) in [5.41, 5.74) is 7.67. The van der Waals surface area contributed by atoms with Gasteiger partial charge in [-0.25, -0.2) is 4.98 Å². The number of hydrogen-bond acceptors (Lipinski definition) is 8. The van der Waals surface area contributed by atoms with Crippen LogP contribution in [0.25, 0.3) is 11.3 Å². The average Bonchev–Trinajstić information content (AvgIpc) is 3.44. The number of hydrogen-bond donors (Lipinski definition) is 3. The number of carbonyl (C=O) groups is 1. The number of allylic oxidation sites excluding steroid dienone is 2. The molecule has 2 aromatic rings. The topological polar surface area (TPSA) is 111 Å². The Hall–Kier alpha value is -3.30. The van der Waals surface area contributed by atoms with Crippen LogP contribution >= 0.6 is 11.6 Å². The van der Waals surface area contributed by atoms with Crippen LogP contribution in [0.3, 0.4) is 0 Å². The summed E-state index contributed by atoms with van der Waals surface area (Å²) in [4.78, 5) is 28.0. The maximum Gasteiger partial charge on any atom is 0.244 e. The van der Waals surface area contributed by atoms with Gasteiger partial charge in [0.2, 0.25) is 11.9 Å². The standard InChI is InChI=1S/C27H36ClN7O2.C2H6/c1-18(25(29)37)14-22(28)26(30-3)33-12-13-34(19(2)16-33)24-15-23(20-8-5-4-6-9-20)31-27(32-24)35-11-7-10-21(35)17-36;1-2/h4-6,8-9,14-15,19,21,30,36H,7,10-13,16-17H2,1-3H3,(H2,29,37);1-2H3/b18-14+,26-22-;. The first-order valence-electron chi connectivity index (χ1n) is 13.7. The molecular formula is C29H42ClN7O2. The molecule has 2 atom stereocenters. The Morgan fingerprint density at radius 2 is 1.90 bits per heavy atom. The molecule has 3 heterocycles. The van der Waals surface area contributed by atoms with Gasteiger partial charge >= 0.3 is 0 Å². The summed E-state index contributed by atoms with van der Waals surface area (Å²) in [6, 6.07) is 12.3. The van der Waals surface area contributed by atoms with Crippen molar-refractivity contribution in [2.45, 2.75) is 52.6 Å². The quantitative estimate of drug-likeness (QED) is 0.334. The van der Waals surface area contributed by atoms with Gasteiger partial charge < -0.3 is 30.9 Å². The number of aromatic nitrogens is 2. The van der Waals surface area contributed by atoms with Gasteiger partial charge in [-0.3, -0.25) is 4.79 Å². The summed E-state index contributed by atoms with van der Waals surface area (Å²) < 4.78 is 0. The molecule has 2 aliphatic heterocycles. The summed E-state index contributed by atoms with van der Waals surface area (Å²) >= 11 is 6.56. The van der Waals surface area contributed by atoms with E-state index in [1.807, 2.05) is 39.1 Å². The number of aliphatic hydroxyl groups is 1. The highest BCUT2D eigenvalue weighted by Gasteiger charge is 2.30. The number of rotatable bonds is 8. The molecule has 0 radical (unpaired) electrons. The van der Waals surface area contributed by atoms with E-state index in [-0.39, 0.29) is 18.7 Å². The van der Waals surface area contributed by atoms with Crippen LogP contribution in [-0.4, -0.2) is 77.8 Å². The first-order valence-corrected chi connectivity index (χ1v) is 14.1. The maximum atomic E-state index is 11.5. The number of nitrogens with zero attached hydrogens (tertiary/aromatic N) is 5. The van der Waals surface area contributed by atoms with Gasteiger partial charge in [-0.2, -0.15) is 4.98 Å². The third-order valence-electron chi connectivity index (χ3n) is 7.05. The van der Waals surface area contributed by atoms with E-state index >= 15 is 0 Å². The van der Waals surface area contributed by atoms with Gasteiger partial charge in [0.05, 0.1) is 23.4 Å². The van der Waals surface area contributed by atoms with Crippen LogP contribution in [0.4, 0.5) is 11.8 Å². The minimum absolute atomic E-state index is 0.0375. The van der Waals surface area contributed by atoms with Crippen molar-refractivity contribution >= 4 is 29.3 Å². The van der Waals surface area contributed by atoms with Crippen LogP contribution in [0.5, 0.6) is 0 Å². The predicted octanol–water partition coefficient (Wildman–Crippen LogP) is 3.70. The van der Waals surface area contributed by atoms with Gasteiger partial charge in [0.25, 0.3) is 0 Å². The van der Waals surface area contributed by atoms with Crippen LogP contribution in [0.2, 0.25) is 0 Å². The zero-order chi connectivity index (χ0) is 28.5. The van der Waals surface area contributed by atoms with E-state index in [1.165, 1.54) is 0 Å². The fourth-order valence-corrected chi connectivity index (χ4v) is 5.38. The Kier molecular flexibility index (Phi) is 11.0. The second-order valence-corrected chi connectivity index (χ2v) is 9.98. The third-order valence-corrected chi connectivity index (χ3v) is 7.34. The molecule has 4 rings (SSSR count). The summed E-state index contributed by atoms with van der Waals surface area (Å²) in [7, 11) is 1.82. The van der Waals surface area contributed by atoms with Crippen molar-refractivity contribution in [2.24, 2.45) is 5.73 Å². The minimum Gasteiger partial charge on any atom is -0.394 e. The number of nitrogens with two attached hydrogens (primary N) is 1. The molecule has 1 amide bonds. The molecule has 0 aliphatic carbocycles. The zero-order valence-corrected chi connectivity index (χ0v) is 24.4. The van der Waals surface area contributed by atoms with Crippen LogP contribution in [0.1, 0.15) is 40.5 Å². The Bertz CT molecular complexity index is 1170. The fourth-order valence-electron chi connectivity index (χ4n) is 5.00. The zero-order valence-electron chi connectivity index (χ0n) is 23.7. The fraction of sp³-hybridized carbons (Fsp3) is 0.483. The number of halogens is 1. The van der Waals surface area contributed by atoms with Crippen LogP contribution < -0.4 is 20.9 Å². The number of amides is 1. The average molecular weight is 556 g/mol. The number of piperazine rings is 1. The Balaban J connectivity index is 0.00000205. The van der Waals surface area contributed by atoms with Crippen LogP contribution in [0, 0.1) is 0 Å². The molecule has 9 nitrogen and oxygen atoms in total. The first kappa shape index (κ1) is 30.2. The Morgan fingerprint density at radius 3 is 2.51 bits per heavy atom. The van der Waals surface area contributed by atoms with E-state index in [0.29, 0.717) is 29.6 Å². The molecule has 0 saturated carbocycles. The van der Waals surface area contributed by atoms with Crippen molar-refractivity contribution in [2.75, 3.05) is 49.6 Å². The van der Waals surface area contributed by atoms with Gasteiger partial charge in [-0.05, 0) is 32.8 Å². The van der Waals surface area contributed by atoms with Gasteiger partial charge in [0, 0.05) is 56.5 Å². The van der Waals surface area contributed by atoms with Crippen molar-refractivity contribution < 1.29 is 9.90 Å². The highest BCUT2D eigenvalue weighted by molar-refractivity contribution is 6.31. The first-order chi connectivity index (χ1) is 18.8. The molecule has 2 fully saturated rings. The second kappa shape index (κ2) is 14.2. The number of carbonyl (C=O) groups excluding carboxylic acids is 1. The van der Waals surface area contributed by atoms with E-state index < -0.39 is 5.91 Å². The number of anilines is 2. The molecule has 1 aromatic heterocycles. The molecule has 10 heteroatoms. The molecule has 4 N–H and O–H groups in total. The summed E-state index contributed by atoms with van der Waals surface area (Å²) in [6.07, 6.45) is 3.55. The monoisotopic (exact) mass is 555 g/mol. The van der Waals surface area contributed by atoms with Crippen molar-refractivity contribution in [1.29, 1.82) is 0 Å². The molecule has 2 unspecified atom stereocenters. The van der Waals surface area contributed by atoms with Crippen molar-refractivity contribution in [3.05, 3.63) is 58.9 Å². The normalized spacial score (nSPS) is 20.3. The lowest BCUT2D eigenvalue weighted by atomic mass is 10.1. The van der Waals surface area contributed by atoms with Gasteiger partial charge in [-0.1, -0.05) is 55.8 Å². The molecule has 212 valence electrons. The third kappa shape index (κ3) is 7.22. The molecule has 39 heavy (non-hydrogen) atoms. The number of nitrogens with one attached hydrogen (secondary N) is 1. The van der Waals surface area contributed by atoms with Crippen molar-refractivity contribution in [3.63, 3.8) is 0 Å². The van der Waals surface area contributed by atoms with Crippen molar-refractivity contribution in [3.8, 4) is 11.3 Å². The van der Waals surface area contributed by atoms with Crippen molar-refractivity contribution in [1.82, 2.24) is 20.2 Å². The molecule has 0 spiro atoms. The van der Waals surface area contributed by atoms with Gasteiger partial charge in [-0.15, -0.1) is 0 Å². The summed E-state index contributed by atoms with van der Waals surface area (Å²) in [5, 5.41) is 13.5. The van der Waals surface area contributed by atoms with E-state index in [4.69, 9.17) is 27.3 Å². The largest absolute Gasteiger partial charge is 0.394 e. The summed E-state index contributed by atoms with van der Waals surface area (Å²) in [5.74, 6) is 1.78. The lowest BCUT2D eigenvalue weighted by Crippen LogP contribution is -2.53. The maximum absolute atomic E-state index is 11.5. The molecule has 2 aliphatic rings. The SMILES string of the molecule is CC.CN/C(=C(Cl)\C=C(/C)C(N)=O)N1CCN(c2cc(-c3ccccc3)nc(N3CCCC3CO)n2)C(C)C1. The van der Waals surface area contributed by atoms with Gasteiger partial charge in [0.15, 0.2) is 0 Å². The number of aliphatic hydroxyl groups excluding tert-OH is 1. The van der Waals surface area contributed by atoms with E-state index in [1.54, 1.807) is 13.0 Å². The highest BCUT2D eigenvalue weighted by atomic mass is 35.5. The van der Waals surface area contributed by atoms with E-state index in [2.05, 4.69) is 45.1 Å². The van der Waals surface area contributed by atoms with E-state index in [9.17, 15) is 9.90 Å². The molecule has 0 bridgehead atoms. The lowest BCUT2D eigenvalue weighted by Gasteiger charge is -2.42. The number of primary amides is 1. The molecule has 2 saturated heterocycles. The second-order valence-electron chi connectivity index (χ2n) is 9.58. The Morgan fingerprint density at radius 1 is 1.18 bits per heavy atom. The lowest BCUT2D eigenvalue weighted by molar-refractivity contribution is -0.114.